The van der Waals surface area contributed by atoms with Gasteiger partial charge >= 0.3 is 6.03 Å². The van der Waals surface area contributed by atoms with Gasteiger partial charge in [0.15, 0.2) is 0 Å². The molecule has 140 valence electrons. The molecule has 0 bridgehead atoms. The SMILES string of the molecule is CN(CCO)CCOc1ccccc1-c1cc(C(N)=O)c(NC(N)=O)[nH]1. The number of anilines is 1. The number of aliphatic hydroxyl groups excluding tert-OH is 1. The quantitative estimate of drug-likeness (QED) is 0.443. The average molecular weight is 361 g/mol. The van der Waals surface area contributed by atoms with E-state index in [0.717, 1.165) is 0 Å². The van der Waals surface area contributed by atoms with Crippen LogP contribution in [0.3, 0.4) is 0 Å². The van der Waals surface area contributed by atoms with Crippen molar-refractivity contribution < 1.29 is 19.4 Å². The van der Waals surface area contributed by atoms with Gasteiger partial charge in [-0.2, -0.15) is 0 Å². The Bertz CT molecular complexity index is 774. The summed E-state index contributed by atoms with van der Waals surface area (Å²) < 4.78 is 5.83. The Morgan fingerprint density at radius 1 is 1.27 bits per heavy atom. The summed E-state index contributed by atoms with van der Waals surface area (Å²) in [5.74, 6) is 0.0468. The number of nitrogens with two attached hydrogens (primary N) is 2. The van der Waals surface area contributed by atoms with Crippen LogP contribution in [0, 0.1) is 0 Å². The highest BCUT2D eigenvalue weighted by Gasteiger charge is 2.17. The van der Waals surface area contributed by atoms with Crippen molar-refractivity contribution >= 4 is 17.8 Å². The molecule has 1 heterocycles. The molecule has 0 spiro atoms. The number of H-pyrrole nitrogens is 1. The van der Waals surface area contributed by atoms with E-state index in [9.17, 15) is 9.59 Å². The number of urea groups is 1. The number of nitrogens with zero attached hydrogens (tertiary/aromatic N) is 1. The molecule has 3 amide bonds. The van der Waals surface area contributed by atoms with Gasteiger partial charge in [-0.3, -0.25) is 10.1 Å². The lowest BCUT2D eigenvalue weighted by atomic mass is 10.1. The van der Waals surface area contributed by atoms with Crippen LogP contribution in [0.2, 0.25) is 0 Å². The van der Waals surface area contributed by atoms with Crippen LogP contribution in [-0.4, -0.2) is 60.3 Å². The van der Waals surface area contributed by atoms with Gasteiger partial charge in [-0.25, -0.2) is 4.79 Å². The van der Waals surface area contributed by atoms with Crippen molar-refractivity contribution in [1.29, 1.82) is 0 Å². The molecule has 2 aromatic rings. The molecule has 26 heavy (non-hydrogen) atoms. The van der Waals surface area contributed by atoms with Gasteiger partial charge in [0.1, 0.15) is 18.2 Å². The summed E-state index contributed by atoms with van der Waals surface area (Å²) in [6, 6.07) is 8.00. The maximum absolute atomic E-state index is 11.6. The number of nitrogens with one attached hydrogen (secondary N) is 2. The number of rotatable bonds is 9. The second-order valence-corrected chi connectivity index (χ2v) is 5.70. The molecular formula is C17H23N5O4. The van der Waals surface area contributed by atoms with Crippen molar-refractivity contribution in [3.05, 3.63) is 35.9 Å². The van der Waals surface area contributed by atoms with Crippen LogP contribution >= 0.6 is 0 Å². The summed E-state index contributed by atoms with van der Waals surface area (Å²) in [4.78, 5) is 27.6. The number of aromatic nitrogens is 1. The van der Waals surface area contributed by atoms with Crippen LogP contribution < -0.4 is 21.5 Å². The number of aliphatic hydroxyl groups is 1. The normalized spacial score (nSPS) is 10.7. The molecule has 0 saturated heterocycles. The zero-order valence-electron chi connectivity index (χ0n) is 14.5. The van der Waals surface area contributed by atoms with Crippen molar-refractivity contribution in [2.24, 2.45) is 11.5 Å². The third-order valence-electron chi connectivity index (χ3n) is 3.72. The maximum Gasteiger partial charge on any atom is 0.317 e. The molecule has 9 nitrogen and oxygen atoms in total. The minimum absolute atomic E-state index is 0.0844. The van der Waals surface area contributed by atoms with Crippen molar-refractivity contribution in [3.63, 3.8) is 0 Å². The minimum atomic E-state index is -0.808. The fourth-order valence-corrected chi connectivity index (χ4v) is 2.42. The van der Waals surface area contributed by atoms with E-state index >= 15 is 0 Å². The van der Waals surface area contributed by atoms with Crippen molar-refractivity contribution in [3.8, 4) is 17.0 Å². The van der Waals surface area contributed by atoms with E-state index in [1.54, 1.807) is 6.07 Å². The molecule has 0 radical (unpaired) electrons. The smallest absolute Gasteiger partial charge is 0.317 e. The number of amides is 3. The molecule has 0 aliphatic heterocycles. The Hall–Kier alpha value is -3.04. The Labute approximate surface area is 150 Å². The number of ether oxygens (including phenoxy) is 1. The fourth-order valence-electron chi connectivity index (χ4n) is 2.42. The summed E-state index contributed by atoms with van der Waals surface area (Å²) >= 11 is 0. The van der Waals surface area contributed by atoms with Gasteiger partial charge in [-0.05, 0) is 25.2 Å². The first-order valence-electron chi connectivity index (χ1n) is 8.03. The summed E-state index contributed by atoms with van der Waals surface area (Å²) in [7, 11) is 1.89. The second-order valence-electron chi connectivity index (χ2n) is 5.70. The van der Waals surface area contributed by atoms with Crippen LogP contribution in [0.4, 0.5) is 10.6 Å². The van der Waals surface area contributed by atoms with E-state index in [0.29, 0.717) is 36.7 Å². The molecule has 9 heteroatoms. The van der Waals surface area contributed by atoms with Crippen LogP contribution in [0.15, 0.2) is 30.3 Å². The molecule has 0 aliphatic rings. The zero-order chi connectivity index (χ0) is 19.1. The van der Waals surface area contributed by atoms with Gasteiger partial charge in [-0.1, -0.05) is 12.1 Å². The Morgan fingerprint density at radius 2 is 2.00 bits per heavy atom. The molecular weight excluding hydrogens is 338 g/mol. The van der Waals surface area contributed by atoms with Gasteiger partial charge < -0.3 is 31.2 Å². The third-order valence-corrected chi connectivity index (χ3v) is 3.72. The molecule has 0 atom stereocenters. The molecule has 7 N–H and O–H groups in total. The average Bonchev–Trinajstić information content (AvgIpc) is 2.98. The predicted molar refractivity (Wildman–Crippen MR) is 98.0 cm³/mol. The highest BCUT2D eigenvalue weighted by molar-refractivity contribution is 6.03. The number of hydrogen-bond donors (Lipinski definition) is 5. The lowest BCUT2D eigenvalue weighted by Crippen LogP contribution is -2.27. The number of para-hydroxylation sites is 1. The van der Waals surface area contributed by atoms with Crippen molar-refractivity contribution in [2.45, 2.75) is 0 Å². The number of carbonyl (C=O) groups is 2. The Balaban J connectivity index is 2.23. The van der Waals surface area contributed by atoms with Crippen LogP contribution in [-0.2, 0) is 0 Å². The predicted octanol–water partition coefficient (Wildman–Crippen LogP) is 0.574. The van der Waals surface area contributed by atoms with Crippen LogP contribution in [0.5, 0.6) is 5.75 Å². The van der Waals surface area contributed by atoms with E-state index in [-0.39, 0.29) is 18.0 Å². The number of hydrogen-bond acceptors (Lipinski definition) is 5. The van der Waals surface area contributed by atoms with Crippen molar-refractivity contribution in [2.75, 3.05) is 38.7 Å². The van der Waals surface area contributed by atoms with E-state index in [2.05, 4.69) is 10.3 Å². The number of carbonyl (C=O) groups excluding carboxylic acids is 2. The topological polar surface area (TPSA) is 147 Å². The van der Waals surface area contributed by atoms with Crippen molar-refractivity contribution in [1.82, 2.24) is 9.88 Å². The first kappa shape index (κ1) is 19.3. The largest absolute Gasteiger partial charge is 0.492 e. The standard InChI is InChI=1S/C17H23N5O4/c1-22(6-8-23)7-9-26-14-5-3-2-4-11(14)13-10-12(15(18)24)16(20-13)21-17(19)25/h2-5,10,20,23H,6-9H2,1H3,(H2,18,24)(H3,19,21,25). The minimum Gasteiger partial charge on any atom is -0.492 e. The lowest BCUT2D eigenvalue weighted by molar-refractivity contribution is 0.100. The van der Waals surface area contributed by atoms with Gasteiger partial charge in [0, 0.05) is 18.7 Å². The lowest BCUT2D eigenvalue weighted by Gasteiger charge is -2.16. The molecule has 1 aromatic heterocycles. The van der Waals surface area contributed by atoms with E-state index in [1.807, 2.05) is 30.1 Å². The molecule has 0 aliphatic carbocycles. The van der Waals surface area contributed by atoms with Gasteiger partial charge in [0.2, 0.25) is 0 Å². The summed E-state index contributed by atoms with van der Waals surface area (Å²) in [5.41, 5.74) is 11.9. The van der Waals surface area contributed by atoms with E-state index < -0.39 is 11.9 Å². The summed E-state index contributed by atoms with van der Waals surface area (Å²) in [6.07, 6.45) is 0. The first-order valence-corrected chi connectivity index (χ1v) is 8.03. The maximum atomic E-state index is 11.6. The Kier molecular flexibility index (Phi) is 6.59. The number of aromatic amines is 1. The van der Waals surface area contributed by atoms with Gasteiger partial charge in [0.25, 0.3) is 5.91 Å². The second kappa shape index (κ2) is 8.88. The highest BCUT2D eigenvalue weighted by Crippen LogP contribution is 2.32. The summed E-state index contributed by atoms with van der Waals surface area (Å²) in [5, 5.41) is 11.3. The monoisotopic (exact) mass is 361 g/mol. The van der Waals surface area contributed by atoms with Crippen LogP contribution in [0.1, 0.15) is 10.4 Å². The Morgan fingerprint density at radius 3 is 2.65 bits per heavy atom. The van der Waals surface area contributed by atoms with Gasteiger partial charge in [-0.15, -0.1) is 0 Å². The molecule has 0 unspecified atom stereocenters. The number of likely N-dealkylation sites (N-methyl/N-ethyl adjacent to an activating group) is 1. The molecule has 0 fully saturated rings. The fraction of sp³-hybridized carbons (Fsp3) is 0.294. The van der Waals surface area contributed by atoms with Gasteiger partial charge in [0.05, 0.1) is 17.9 Å². The third kappa shape index (κ3) is 4.98. The zero-order valence-corrected chi connectivity index (χ0v) is 14.5. The van der Waals surface area contributed by atoms with Crippen LogP contribution in [0.25, 0.3) is 11.3 Å². The molecule has 0 saturated carbocycles. The molecule has 1 aromatic carbocycles. The first-order chi connectivity index (χ1) is 12.4. The highest BCUT2D eigenvalue weighted by atomic mass is 16.5. The van der Waals surface area contributed by atoms with E-state index in [4.69, 9.17) is 21.3 Å². The molecule has 2 rings (SSSR count). The summed E-state index contributed by atoms with van der Waals surface area (Å²) in [6.45, 7) is 1.71. The number of benzene rings is 1. The van der Waals surface area contributed by atoms with E-state index in [1.165, 1.54) is 6.07 Å². The number of primary amides is 2.